The van der Waals surface area contributed by atoms with E-state index in [0.717, 1.165) is 19.5 Å². The molecule has 0 radical (unpaired) electrons. The average molecular weight is 161 g/mol. The lowest BCUT2D eigenvalue weighted by atomic mass is 10.3. The van der Waals surface area contributed by atoms with E-state index in [0.29, 0.717) is 0 Å². The van der Waals surface area contributed by atoms with Crippen molar-refractivity contribution >= 4 is 0 Å². The fourth-order valence-corrected chi connectivity index (χ4v) is 0.565. The summed E-state index contributed by atoms with van der Waals surface area (Å²) in [4.78, 5) is 2.19. The van der Waals surface area contributed by atoms with Crippen LogP contribution in [0.15, 0.2) is 0 Å². The Kier molecular flexibility index (Phi) is 12.2. The van der Waals surface area contributed by atoms with Crippen LogP contribution in [-0.2, 0) is 0 Å². The van der Waals surface area contributed by atoms with Gasteiger partial charge in [-0.2, -0.15) is 0 Å². The molecule has 0 saturated carbocycles. The van der Waals surface area contributed by atoms with E-state index < -0.39 is 0 Å². The molecule has 0 aromatic heterocycles. The minimum Gasteiger partial charge on any atom is -0.393 e. The van der Waals surface area contributed by atoms with Crippen LogP contribution < -0.4 is 0 Å². The van der Waals surface area contributed by atoms with Gasteiger partial charge in [0.15, 0.2) is 0 Å². The molecule has 1 unspecified atom stereocenters. The summed E-state index contributed by atoms with van der Waals surface area (Å²) in [5.74, 6) is 0. The van der Waals surface area contributed by atoms with Crippen molar-refractivity contribution in [2.45, 2.75) is 40.2 Å². The molecule has 0 fully saturated rings. The van der Waals surface area contributed by atoms with Gasteiger partial charge >= 0.3 is 0 Å². The van der Waals surface area contributed by atoms with Crippen LogP contribution in [-0.4, -0.2) is 36.2 Å². The highest BCUT2D eigenvalue weighted by Crippen LogP contribution is 1.91. The summed E-state index contributed by atoms with van der Waals surface area (Å²) in [6.45, 7) is 9.99. The van der Waals surface area contributed by atoms with Crippen molar-refractivity contribution in [1.29, 1.82) is 0 Å². The topological polar surface area (TPSA) is 23.5 Å². The van der Waals surface area contributed by atoms with Crippen LogP contribution in [0.3, 0.4) is 0 Å². The zero-order valence-corrected chi connectivity index (χ0v) is 8.59. The van der Waals surface area contributed by atoms with Crippen LogP contribution in [0, 0.1) is 0 Å². The van der Waals surface area contributed by atoms with E-state index in [4.69, 9.17) is 5.11 Å². The number of aliphatic hydroxyl groups is 1. The molecule has 11 heavy (non-hydrogen) atoms. The molecule has 2 nitrogen and oxygen atoms in total. The molecule has 1 atom stereocenters. The van der Waals surface area contributed by atoms with E-state index in [1.165, 1.54) is 0 Å². The molecule has 0 heterocycles. The summed E-state index contributed by atoms with van der Waals surface area (Å²) >= 11 is 0. The van der Waals surface area contributed by atoms with Gasteiger partial charge in [0.25, 0.3) is 0 Å². The Morgan fingerprint density at radius 3 is 2.09 bits per heavy atom. The molecular formula is C9H23NO. The molecule has 0 amide bonds. The molecule has 70 valence electrons. The van der Waals surface area contributed by atoms with Crippen molar-refractivity contribution in [3.63, 3.8) is 0 Å². The van der Waals surface area contributed by atoms with E-state index in [1.807, 2.05) is 20.8 Å². The fourth-order valence-electron chi connectivity index (χ4n) is 0.565. The first-order valence-electron chi connectivity index (χ1n) is 4.53. The maximum Gasteiger partial charge on any atom is 0.0524 e. The maximum absolute atomic E-state index is 8.87. The molecule has 1 N–H and O–H groups in total. The van der Waals surface area contributed by atoms with Gasteiger partial charge in [0.2, 0.25) is 0 Å². The summed E-state index contributed by atoms with van der Waals surface area (Å²) in [5, 5.41) is 8.87. The summed E-state index contributed by atoms with van der Waals surface area (Å²) in [5.41, 5.74) is 0. The lowest BCUT2D eigenvalue weighted by Gasteiger charge is -2.13. The Hall–Kier alpha value is -0.0800. The van der Waals surface area contributed by atoms with Crippen LogP contribution in [0.25, 0.3) is 0 Å². The normalized spacial score (nSPS) is 12.3. The van der Waals surface area contributed by atoms with Gasteiger partial charge in [-0.05, 0) is 26.9 Å². The van der Waals surface area contributed by atoms with Gasteiger partial charge in [-0.15, -0.1) is 0 Å². The Labute approximate surface area is 71.2 Å². The van der Waals surface area contributed by atoms with E-state index in [9.17, 15) is 0 Å². The first-order valence-corrected chi connectivity index (χ1v) is 4.53. The molecule has 0 aromatic rings. The smallest absolute Gasteiger partial charge is 0.0524 e. The Morgan fingerprint density at radius 1 is 1.36 bits per heavy atom. The highest BCUT2D eigenvalue weighted by Gasteiger charge is 1.97. The zero-order chi connectivity index (χ0) is 9.28. The fraction of sp³-hybridized carbons (Fsp3) is 1.00. The third kappa shape index (κ3) is 13.0. The molecule has 0 aliphatic heterocycles. The molecule has 0 aliphatic carbocycles. The third-order valence-corrected chi connectivity index (χ3v) is 1.47. The van der Waals surface area contributed by atoms with Gasteiger partial charge in [-0.25, -0.2) is 0 Å². The van der Waals surface area contributed by atoms with Gasteiger partial charge in [-0.1, -0.05) is 20.8 Å². The van der Waals surface area contributed by atoms with Gasteiger partial charge < -0.3 is 10.0 Å². The molecule has 0 rings (SSSR count). The Morgan fingerprint density at radius 2 is 1.82 bits per heavy atom. The number of hydrogen-bond donors (Lipinski definition) is 1. The predicted molar refractivity (Wildman–Crippen MR) is 50.8 cm³/mol. The summed E-state index contributed by atoms with van der Waals surface area (Å²) in [6.07, 6.45) is 0.726. The second-order valence-corrected chi connectivity index (χ2v) is 2.53. The number of aliphatic hydroxyl groups excluding tert-OH is 1. The number of hydrogen-bond acceptors (Lipinski definition) is 2. The van der Waals surface area contributed by atoms with Gasteiger partial charge in [0, 0.05) is 6.54 Å². The predicted octanol–water partition coefficient (Wildman–Crippen LogP) is 1.74. The second kappa shape index (κ2) is 9.92. The van der Waals surface area contributed by atoms with Crippen LogP contribution in [0.1, 0.15) is 34.1 Å². The lowest BCUT2D eigenvalue weighted by molar-refractivity contribution is 0.166. The van der Waals surface area contributed by atoms with E-state index in [-0.39, 0.29) is 6.10 Å². The van der Waals surface area contributed by atoms with Gasteiger partial charge in [0.1, 0.15) is 0 Å². The van der Waals surface area contributed by atoms with E-state index in [1.54, 1.807) is 0 Å². The van der Waals surface area contributed by atoms with Crippen LogP contribution in [0.5, 0.6) is 0 Å². The molecule has 0 saturated heterocycles. The van der Waals surface area contributed by atoms with Crippen molar-refractivity contribution in [2.24, 2.45) is 0 Å². The van der Waals surface area contributed by atoms with Crippen molar-refractivity contribution in [2.75, 3.05) is 20.1 Å². The van der Waals surface area contributed by atoms with Crippen molar-refractivity contribution in [1.82, 2.24) is 4.90 Å². The minimum atomic E-state index is -0.154. The molecule has 0 aliphatic rings. The summed E-state index contributed by atoms with van der Waals surface area (Å²) in [6, 6.07) is 0. The third-order valence-electron chi connectivity index (χ3n) is 1.47. The van der Waals surface area contributed by atoms with Crippen molar-refractivity contribution in [3.05, 3.63) is 0 Å². The van der Waals surface area contributed by atoms with E-state index >= 15 is 0 Å². The number of nitrogens with zero attached hydrogens (tertiary/aromatic N) is 1. The number of rotatable bonds is 4. The minimum absolute atomic E-state index is 0.154. The Bertz CT molecular complexity index is 64.6. The second-order valence-electron chi connectivity index (χ2n) is 2.53. The maximum atomic E-state index is 8.87. The standard InChI is InChI=1S/C7H17NO.C2H6/c1-4-8(3)6-5-7(2)9;1-2/h7,9H,4-6H2,1-3H3;1-2H3. The molecular weight excluding hydrogens is 138 g/mol. The van der Waals surface area contributed by atoms with Crippen LogP contribution in [0.2, 0.25) is 0 Å². The monoisotopic (exact) mass is 161 g/mol. The largest absolute Gasteiger partial charge is 0.393 e. The SMILES string of the molecule is CC.CCN(C)CCC(C)O. The average Bonchev–Trinajstić information content (AvgIpc) is 2.04. The molecule has 0 aromatic carbocycles. The van der Waals surface area contributed by atoms with Gasteiger partial charge in [0.05, 0.1) is 6.10 Å². The quantitative estimate of drug-likeness (QED) is 0.679. The lowest BCUT2D eigenvalue weighted by Crippen LogP contribution is -2.21. The zero-order valence-electron chi connectivity index (χ0n) is 8.59. The van der Waals surface area contributed by atoms with Crippen molar-refractivity contribution < 1.29 is 5.11 Å². The van der Waals surface area contributed by atoms with Gasteiger partial charge in [-0.3, -0.25) is 0 Å². The molecule has 2 heteroatoms. The first-order chi connectivity index (χ1) is 5.16. The van der Waals surface area contributed by atoms with Crippen LogP contribution >= 0.6 is 0 Å². The van der Waals surface area contributed by atoms with Crippen molar-refractivity contribution in [3.8, 4) is 0 Å². The van der Waals surface area contributed by atoms with Crippen LogP contribution in [0.4, 0.5) is 0 Å². The van der Waals surface area contributed by atoms with E-state index in [2.05, 4.69) is 18.9 Å². The summed E-state index contributed by atoms with van der Waals surface area (Å²) < 4.78 is 0. The summed E-state index contributed by atoms with van der Waals surface area (Å²) in [7, 11) is 2.06. The first kappa shape index (κ1) is 13.5. The Balaban J connectivity index is 0. The highest BCUT2D eigenvalue weighted by atomic mass is 16.3. The molecule has 0 bridgehead atoms. The molecule has 0 spiro atoms. The highest BCUT2D eigenvalue weighted by molar-refractivity contribution is 4.51.